The molecule has 1 aromatic heterocycles. The van der Waals surface area contributed by atoms with Gasteiger partial charge in [-0.15, -0.1) is 10.2 Å². The van der Waals surface area contributed by atoms with Crippen LogP contribution in [0.2, 0.25) is 0 Å². The lowest BCUT2D eigenvalue weighted by Crippen LogP contribution is -2.62. The summed E-state index contributed by atoms with van der Waals surface area (Å²) < 4.78 is 0. The molecule has 1 heterocycles. The Morgan fingerprint density at radius 1 is 1.09 bits per heavy atom. The number of tetrazole rings is 1. The Labute approximate surface area is 192 Å². The van der Waals surface area contributed by atoms with Gasteiger partial charge in [-0.2, -0.15) is 4.80 Å². The quantitative estimate of drug-likeness (QED) is 0.740. The normalized spacial score (nSPS) is 50.4. The van der Waals surface area contributed by atoms with E-state index in [9.17, 15) is 9.90 Å². The number of ketones is 1. The summed E-state index contributed by atoms with van der Waals surface area (Å²) in [5.74, 6) is 3.69. The fourth-order valence-corrected chi connectivity index (χ4v) is 9.65. The Morgan fingerprint density at radius 2 is 1.84 bits per heavy atom. The molecule has 1 aromatic rings. The van der Waals surface area contributed by atoms with Crippen LogP contribution in [-0.4, -0.2) is 36.7 Å². The number of carbonyl (C=O) groups is 1. The van der Waals surface area contributed by atoms with Crippen molar-refractivity contribution < 1.29 is 9.90 Å². The number of aryl methyl sites for hydroxylation is 1. The summed E-state index contributed by atoms with van der Waals surface area (Å²) in [7, 11) is 0. The lowest BCUT2D eigenvalue weighted by atomic mass is 9.37. The summed E-state index contributed by atoms with van der Waals surface area (Å²) in [6.07, 6.45) is 8.73. The first-order valence-corrected chi connectivity index (χ1v) is 12.9. The number of hydrogen-bond donors (Lipinski definition) is 1. The van der Waals surface area contributed by atoms with Crippen LogP contribution >= 0.6 is 0 Å². The highest BCUT2D eigenvalue weighted by atomic mass is 16.3. The SMILES string of the molecule is Cc1nnn(CC(=O)[C@@H]2CC[C@H]3[C@@H]4[C@H](C)C[C@@]5(C)C[C@](C)(O)CC[C@]5(C)[C@H]4CC[C@]23C)n1. The van der Waals surface area contributed by atoms with Gasteiger partial charge in [0.25, 0.3) is 0 Å². The van der Waals surface area contributed by atoms with Gasteiger partial charge < -0.3 is 5.11 Å². The summed E-state index contributed by atoms with van der Waals surface area (Å²) in [4.78, 5) is 14.9. The smallest absolute Gasteiger partial charge is 0.171 e. The number of hydrogen-bond acceptors (Lipinski definition) is 5. The molecule has 9 atom stereocenters. The van der Waals surface area contributed by atoms with Crippen molar-refractivity contribution in [1.29, 1.82) is 0 Å². The van der Waals surface area contributed by atoms with Crippen LogP contribution < -0.4 is 0 Å². The highest BCUT2D eigenvalue weighted by Crippen LogP contribution is 2.72. The number of Topliss-reactive ketones (excluding diaryl/α,β-unsaturated/α-hetero) is 1. The summed E-state index contributed by atoms with van der Waals surface area (Å²) in [6.45, 7) is 14.0. The maximum atomic E-state index is 13.4. The van der Waals surface area contributed by atoms with E-state index in [4.69, 9.17) is 0 Å². The molecular formula is C26H42N4O2. The van der Waals surface area contributed by atoms with Gasteiger partial charge in [0.15, 0.2) is 11.6 Å². The van der Waals surface area contributed by atoms with Gasteiger partial charge in [0.1, 0.15) is 6.54 Å². The average molecular weight is 443 g/mol. The zero-order chi connectivity index (χ0) is 23.1. The van der Waals surface area contributed by atoms with Crippen LogP contribution in [0.4, 0.5) is 0 Å². The van der Waals surface area contributed by atoms with E-state index in [0.29, 0.717) is 35.3 Å². The highest BCUT2D eigenvalue weighted by molar-refractivity contribution is 5.82. The highest BCUT2D eigenvalue weighted by Gasteiger charge is 2.66. The molecule has 0 aromatic carbocycles. The van der Waals surface area contributed by atoms with Crippen molar-refractivity contribution in [1.82, 2.24) is 20.2 Å². The lowest BCUT2D eigenvalue weighted by molar-refractivity contribution is -0.205. The first-order valence-electron chi connectivity index (χ1n) is 12.9. The molecule has 0 saturated heterocycles. The minimum atomic E-state index is -0.525. The molecule has 5 rings (SSSR count). The van der Waals surface area contributed by atoms with Crippen molar-refractivity contribution in [3.05, 3.63) is 5.82 Å². The zero-order valence-corrected chi connectivity index (χ0v) is 20.9. The molecule has 4 saturated carbocycles. The lowest BCUT2D eigenvalue weighted by Gasteiger charge is -2.68. The van der Waals surface area contributed by atoms with E-state index in [1.165, 1.54) is 24.1 Å². The molecule has 0 radical (unpaired) electrons. The predicted molar refractivity (Wildman–Crippen MR) is 123 cm³/mol. The van der Waals surface area contributed by atoms with E-state index in [1.54, 1.807) is 0 Å². The van der Waals surface area contributed by atoms with E-state index >= 15 is 0 Å². The third kappa shape index (κ3) is 3.14. The van der Waals surface area contributed by atoms with Crippen molar-refractivity contribution in [3.63, 3.8) is 0 Å². The van der Waals surface area contributed by atoms with Gasteiger partial charge in [-0.05, 0) is 110 Å². The van der Waals surface area contributed by atoms with Crippen molar-refractivity contribution in [2.75, 3.05) is 0 Å². The van der Waals surface area contributed by atoms with Crippen molar-refractivity contribution >= 4 is 5.78 Å². The van der Waals surface area contributed by atoms with Crippen LogP contribution in [0.15, 0.2) is 0 Å². The van der Waals surface area contributed by atoms with Crippen LogP contribution in [0.25, 0.3) is 0 Å². The van der Waals surface area contributed by atoms with E-state index in [0.717, 1.165) is 32.1 Å². The van der Waals surface area contributed by atoms with Gasteiger partial charge in [0.05, 0.1) is 5.60 Å². The second-order valence-electron chi connectivity index (χ2n) is 13.1. The molecule has 0 unspecified atom stereocenters. The molecule has 0 amide bonds. The summed E-state index contributed by atoms with van der Waals surface area (Å²) in [5, 5.41) is 23.2. The summed E-state index contributed by atoms with van der Waals surface area (Å²) in [5.41, 5.74) is 0.0561. The fourth-order valence-electron chi connectivity index (χ4n) is 9.65. The second-order valence-corrected chi connectivity index (χ2v) is 13.1. The second kappa shape index (κ2) is 7.10. The molecule has 0 aliphatic heterocycles. The molecule has 1 N–H and O–H groups in total. The summed E-state index contributed by atoms with van der Waals surface area (Å²) in [6, 6.07) is 0. The van der Waals surface area contributed by atoms with E-state index in [2.05, 4.69) is 43.1 Å². The standard InChI is InChI=1S/C26H42N4O2/c1-16-13-23(3)15-24(4,32)11-12-26(23,6)20-9-10-25(5)18(7-8-19(25)22(16)20)21(31)14-30-28-17(2)27-29-30/h16,18-20,22,32H,7-15H2,1-6H3/t16-,18+,19+,20+,22+,23+,24-,25-,26-/m1/s1. The molecule has 4 fully saturated rings. The molecule has 0 bridgehead atoms. The molecule has 4 aliphatic carbocycles. The minimum Gasteiger partial charge on any atom is -0.390 e. The Morgan fingerprint density at radius 3 is 2.53 bits per heavy atom. The van der Waals surface area contributed by atoms with Crippen LogP contribution in [0.3, 0.4) is 0 Å². The molecule has 6 heteroatoms. The molecule has 4 aliphatic rings. The fraction of sp³-hybridized carbons (Fsp3) is 0.923. The Bertz CT molecular complexity index is 911. The third-order valence-electron chi connectivity index (χ3n) is 11.2. The van der Waals surface area contributed by atoms with Gasteiger partial charge >= 0.3 is 0 Å². The van der Waals surface area contributed by atoms with Crippen LogP contribution in [0, 0.1) is 52.8 Å². The Kier molecular flexibility index (Phi) is 4.99. The van der Waals surface area contributed by atoms with E-state index in [1.807, 2.05) is 13.8 Å². The predicted octanol–water partition coefficient (Wildman–Crippen LogP) is 4.60. The van der Waals surface area contributed by atoms with Crippen molar-refractivity contribution in [2.45, 2.75) is 105 Å². The molecule has 32 heavy (non-hydrogen) atoms. The average Bonchev–Trinajstić information content (AvgIpc) is 3.25. The minimum absolute atomic E-state index is 0.0897. The largest absolute Gasteiger partial charge is 0.390 e. The first-order chi connectivity index (χ1) is 14.9. The third-order valence-corrected chi connectivity index (χ3v) is 11.2. The zero-order valence-electron chi connectivity index (χ0n) is 20.9. The maximum absolute atomic E-state index is 13.4. The van der Waals surface area contributed by atoms with E-state index < -0.39 is 5.60 Å². The van der Waals surface area contributed by atoms with Crippen LogP contribution in [-0.2, 0) is 11.3 Å². The topological polar surface area (TPSA) is 80.9 Å². The van der Waals surface area contributed by atoms with E-state index in [-0.39, 0.29) is 28.7 Å². The van der Waals surface area contributed by atoms with Crippen LogP contribution in [0.1, 0.15) is 91.8 Å². The Balaban J connectivity index is 1.41. The van der Waals surface area contributed by atoms with Crippen LogP contribution in [0.5, 0.6) is 0 Å². The number of rotatable bonds is 3. The number of fused-ring (bicyclic) bond motifs is 5. The van der Waals surface area contributed by atoms with Crippen molar-refractivity contribution in [2.24, 2.45) is 45.8 Å². The number of aromatic nitrogens is 4. The van der Waals surface area contributed by atoms with Gasteiger partial charge in [0.2, 0.25) is 0 Å². The van der Waals surface area contributed by atoms with Gasteiger partial charge in [0, 0.05) is 5.92 Å². The first kappa shape index (κ1) is 22.5. The molecular weight excluding hydrogens is 400 g/mol. The van der Waals surface area contributed by atoms with Gasteiger partial charge in [-0.3, -0.25) is 4.79 Å². The number of aliphatic hydroxyl groups is 1. The molecule has 0 spiro atoms. The summed E-state index contributed by atoms with van der Waals surface area (Å²) >= 11 is 0. The number of carbonyl (C=O) groups excluding carboxylic acids is 1. The molecule has 178 valence electrons. The maximum Gasteiger partial charge on any atom is 0.171 e. The van der Waals surface area contributed by atoms with Gasteiger partial charge in [-0.1, -0.05) is 27.7 Å². The molecule has 6 nitrogen and oxygen atoms in total. The van der Waals surface area contributed by atoms with Gasteiger partial charge in [-0.25, -0.2) is 0 Å². The Hall–Kier alpha value is -1.30. The number of nitrogens with zero attached hydrogens (tertiary/aromatic N) is 4. The van der Waals surface area contributed by atoms with Crippen molar-refractivity contribution in [3.8, 4) is 0 Å². The monoisotopic (exact) mass is 442 g/mol.